The number of aromatic nitrogens is 4. The van der Waals surface area contributed by atoms with Gasteiger partial charge in [-0.15, -0.1) is 10.2 Å². The lowest BCUT2D eigenvalue weighted by Gasteiger charge is -2.34. The number of nitrogens with one attached hydrogen (secondary N) is 1. The van der Waals surface area contributed by atoms with Crippen LogP contribution in [0, 0.1) is 0 Å². The van der Waals surface area contributed by atoms with Gasteiger partial charge in [-0.05, 0) is 85.7 Å². The summed E-state index contributed by atoms with van der Waals surface area (Å²) in [5.41, 5.74) is 13.7. The zero-order valence-electron chi connectivity index (χ0n) is 31.3. The molecular formula is C44H50N8O3. The van der Waals surface area contributed by atoms with E-state index in [0.29, 0.717) is 29.9 Å². The van der Waals surface area contributed by atoms with Crippen LogP contribution in [0.4, 0.5) is 5.82 Å². The Labute approximate surface area is 321 Å². The van der Waals surface area contributed by atoms with Gasteiger partial charge in [0, 0.05) is 60.8 Å². The topological polar surface area (TPSA) is 146 Å². The van der Waals surface area contributed by atoms with Crippen LogP contribution in [-0.2, 0) is 17.8 Å². The molecule has 2 fully saturated rings. The summed E-state index contributed by atoms with van der Waals surface area (Å²) in [6.07, 6.45) is 9.23. The highest BCUT2D eigenvalue weighted by atomic mass is 16.3. The summed E-state index contributed by atoms with van der Waals surface area (Å²) >= 11 is 0. The highest BCUT2D eigenvalue weighted by molar-refractivity contribution is 6.09. The number of rotatable bonds is 13. The number of hydrogen-bond donors (Lipinski definition) is 4. The first-order chi connectivity index (χ1) is 26.9. The van der Waals surface area contributed by atoms with Crippen LogP contribution < -0.4 is 11.1 Å². The summed E-state index contributed by atoms with van der Waals surface area (Å²) in [7, 11) is 0. The second-order valence-electron chi connectivity index (χ2n) is 15.1. The number of carbonyl (C=O) groups excluding carboxylic acids is 1. The summed E-state index contributed by atoms with van der Waals surface area (Å²) < 4.78 is 2.08. The Bertz CT molecular complexity index is 2260. The number of aromatic hydroxyl groups is 1. The third kappa shape index (κ3) is 8.05. The van der Waals surface area contributed by atoms with Crippen molar-refractivity contribution in [3.63, 3.8) is 0 Å². The summed E-state index contributed by atoms with van der Waals surface area (Å²) in [6, 6.07) is 27.6. The molecule has 6 aromatic rings. The molecule has 11 heteroatoms. The summed E-state index contributed by atoms with van der Waals surface area (Å²) in [5.74, 6) is 0.384. The van der Waals surface area contributed by atoms with Crippen molar-refractivity contribution in [2.45, 2.75) is 70.2 Å². The zero-order chi connectivity index (χ0) is 37.7. The summed E-state index contributed by atoms with van der Waals surface area (Å²) in [4.78, 5) is 22.8. The molecule has 2 aliphatic rings. The van der Waals surface area contributed by atoms with Gasteiger partial charge < -0.3 is 30.7 Å². The largest absolute Gasteiger partial charge is 0.507 e. The molecule has 2 unspecified atom stereocenters. The lowest BCUT2D eigenvalue weighted by Crippen LogP contribution is -2.46. The minimum Gasteiger partial charge on any atom is -0.507 e. The van der Waals surface area contributed by atoms with Gasteiger partial charge in [0.1, 0.15) is 23.7 Å². The van der Waals surface area contributed by atoms with Gasteiger partial charge in [-0.3, -0.25) is 9.69 Å². The predicted molar refractivity (Wildman–Crippen MR) is 217 cm³/mol. The Morgan fingerprint density at radius 3 is 2.36 bits per heavy atom. The van der Waals surface area contributed by atoms with Crippen LogP contribution >= 0.6 is 0 Å². The minimum atomic E-state index is -0.778. The van der Waals surface area contributed by atoms with Crippen LogP contribution in [0.15, 0.2) is 91.1 Å². The molecule has 3 aromatic carbocycles. The first kappa shape index (κ1) is 36.6. The number of pyridine rings is 1. The van der Waals surface area contributed by atoms with E-state index in [1.54, 1.807) is 12.1 Å². The van der Waals surface area contributed by atoms with Gasteiger partial charge in [0.05, 0.1) is 11.2 Å². The number of anilines is 1. The van der Waals surface area contributed by atoms with Crippen LogP contribution in [0.25, 0.3) is 44.3 Å². The molecule has 0 radical (unpaired) electrons. The molecular weight excluding hydrogens is 689 g/mol. The molecule has 0 saturated carbocycles. The third-order valence-electron chi connectivity index (χ3n) is 11.4. The maximum Gasteiger partial charge on any atom is 0.245 e. The predicted octanol–water partition coefficient (Wildman–Crippen LogP) is 6.68. The van der Waals surface area contributed by atoms with Crippen LogP contribution in [0.1, 0.15) is 62.1 Å². The molecule has 0 bridgehead atoms. The van der Waals surface area contributed by atoms with Crippen molar-refractivity contribution in [2.24, 2.45) is 0 Å². The van der Waals surface area contributed by atoms with E-state index in [1.807, 2.05) is 30.5 Å². The van der Waals surface area contributed by atoms with Crippen molar-refractivity contribution in [1.82, 2.24) is 34.9 Å². The molecule has 11 nitrogen and oxygen atoms in total. The number of amides is 1. The standard InChI is InChI=1S/C44H50N8O3/c45-42-35(28-36(48-49-42)33-11-6-8-14-39(33)53)31-17-15-30(16-18-31)29-51-26-24-50(25-27-51)23-9-3-1-2-4-10-32-21-22-46-43-41(32)34-12-5-7-13-37(34)52(43)38-19-20-40(54)47-44(38)55/h5-8,11-18,21-22,28,38,40,53-54H,1-4,9-10,19-20,23-27,29H2,(H2,45,49)(H,47,55). The molecule has 2 atom stereocenters. The number of unbranched alkanes of at least 4 members (excludes halogenated alkanes) is 4. The highest BCUT2D eigenvalue weighted by Gasteiger charge is 2.31. The number of phenolic OH excluding ortho intramolecular Hbond substituents is 1. The number of piperidine rings is 1. The third-order valence-corrected chi connectivity index (χ3v) is 11.4. The van der Waals surface area contributed by atoms with Crippen LogP contribution in [0.3, 0.4) is 0 Å². The van der Waals surface area contributed by atoms with Gasteiger partial charge in [0.2, 0.25) is 5.91 Å². The van der Waals surface area contributed by atoms with E-state index < -0.39 is 6.23 Å². The normalized spacial score (nSPS) is 18.2. The fourth-order valence-electron chi connectivity index (χ4n) is 8.38. The van der Waals surface area contributed by atoms with E-state index >= 15 is 0 Å². The Morgan fingerprint density at radius 2 is 1.55 bits per heavy atom. The number of hydrogen-bond acceptors (Lipinski definition) is 9. The fraction of sp³-hybridized carbons (Fsp3) is 0.364. The van der Waals surface area contributed by atoms with Crippen LogP contribution in [0.5, 0.6) is 5.75 Å². The van der Waals surface area contributed by atoms with Crippen LogP contribution in [0.2, 0.25) is 0 Å². The van der Waals surface area contributed by atoms with Crippen molar-refractivity contribution in [3.05, 3.63) is 102 Å². The van der Waals surface area contributed by atoms with E-state index in [4.69, 9.17) is 10.7 Å². The lowest BCUT2D eigenvalue weighted by molar-refractivity contribution is -0.130. The number of fused-ring (bicyclic) bond motifs is 3. The van der Waals surface area contributed by atoms with Crippen molar-refractivity contribution in [2.75, 3.05) is 38.5 Å². The number of carbonyl (C=O) groups is 1. The molecule has 0 spiro atoms. The number of nitrogens with two attached hydrogens (primary N) is 1. The number of phenols is 1. The number of aliphatic hydroxyl groups is 1. The number of piperazine rings is 1. The molecule has 1 amide bonds. The quantitative estimate of drug-likeness (QED) is 0.0954. The van der Waals surface area contributed by atoms with Crippen molar-refractivity contribution < 1.29 is 15.0 Å². The highest BCUT2D eigenvalue weighted by Crippen LogP contribution is 2.36. The number of aryl methyl sites for hydroxylation is 1. The maximum absolute atomic E-state index is 12.9. The Balaban J connectivity index is 0.773. The Morgan fingerprint density at radius 1 is 0.800 bits per heavy atom. The van der Waals surface area contributed by atoms with Gasteiger partial charge in [0.15, 0.2) is 5.82 Å². The fourth-order valence-corrected chi connectivity index (χ4v) is 8.38. The molecule has 0 aliphatic carbocycles. The zero-order valence-corrected chi connectivity index (χ0v) is 31.3. The smallest absolute Gasteiger partial charge is 0.245 e. The second kappa shape index (κ2) is 16.6. The minimum absolute atomic E-state index is 0.147. The lowest BCUT2D eigenvalue weighted by atomic mass is 10.0. The monoisotopic (exact) mass is 738 g/mol. The molecule has 8 rings (SSSR count). The van der Waals surface area contributed by atoms with Crippen LogP contribution in [-0.4, -0.2) is 84.6 Å². The van der Waals surface area contributed by atoms with Crippen molar-refractivity contribution in [3.8, 4) is 28.1 Å². The first-order valence-corrected chi connectivity index (χ1v) is 19.7. The average Bonchev–Trinajstić information content (AvgIpc) is 3.54. The molecule has 2 saturated heterocycles. The van der Waals surface area contributed by atoms with Crippen molar-refractivity contribution >= 4 is 33.7 Å². The number of para-hydroxylation sites is 2. The summed E-state index contributed by atoms with van der Waals surface area (Å²) in [5, 5.41) is 33.6. The SMILES string of the molecule is Nc1nnc(-c2ccccc2O)cc1-c1ccc(CN2CCN(CCCCCCCc3ccnc4c3c3ccccc3n4C3CCC(O)NC3=O)CC2)cc1. The molecule has 284 valence electrons. The number of nitrogen functional groups attached to an aromatic ring is 1. The molecule has 3 aromatic heterocycles. The van der Waals surface area contributed by atoms with Gasteiger partial charge in [0.25, 0.3) is 0 Å². The number of aliphatic hydroxyl groups excluding tert-OH is 1. The summed E-state index contributed by atoms with van der Waals surface area (Å²) in [6.45, 7) is 6.41. The van der Waals surface area contributed by atoms with Gasteiger partial charge in [-0.2, -0.15) is 0 Å². The molecule has 2 aliphatic heterocycles. The van der Waals surface area contributed by atoms with Crippen molar-refractivity contribution in [1.29, 1.82) is 0 Å². The van der Waals surface area contributed by atoms with E-state index in [1.165, 1.54) is 36.8 Å². The molecule has 5 heterocycles. The first-order valence-electron chi connectivity index (χ1n) is 19.7. The Hall–Kier alpha value is -5.36. The van der Waals surface area contributed by atoms with E-state index in [9.17, 15) is 15.0 Å². The van der Waals surface area contributed by atoms with Gasteiger partial charge in [-0.25, -0.2) is 4.98 Å². The van der Waals surface area contributed by atoms with E-state index in [2.05, 4.69) is 78.4 Å². The van der Waals surface area contributed by atoms with Gasteiger partial charge >= 0.3 is 0 Å². The van der Waals surface area contributed by atoms with E-state index in [0.717, 1.165) is 85.2 Å². The number of nitrogens with zero attached hydrogens (tertiary/aromatic N) is 6. The Kier molecular flexibility index (Phi) is 11.0. The maximum atomic E-state index is 12.9. The average molecular weight is 739 g/mol. The number of benzene rings is 3. The van der Waals surface area contributed by atoms with E-state index in [-0.39, 0.29) is 17.7 Å². The molecule has 55 heavy (non-hydrogen) atoms. The second-order valence-corrected chi connectivity index (χ2v) is 15.1. The van der Waals surface area contributed by atoms with Gasteiger partial charge in [-0.1, -0.05) is 73.9 Å². The molecule has 5 N–H and O–H groups in total.